The van der Waals surface area contributed by atoms with Crippen LogP contribution >= 0.6 is 11.6 Å². The predicted octanol–water partition coefficient (Wildman–Crippen LogP) is 2.25. The summed E-state index contributed by atoms with van der Waals surface area (Å²) < 4.78 is 5.63. The summed E-state index contributed by atoms with van der Waals surface area (Å²) in [6, 6.07) is 6.66. The Kier molecular flexibility index (Phi) is 4.13. The molecule has 2 aliphatic rings. The Morgan fingerprint density at radius 1 is 1.25 bits per heavy atom. The van der Waals surface area contributed by atoms with Crippen molar-refractivity contribution in [1.29, 1.82) is 0 Å². The number of rotatable bonds is 7. The van der Waals surface area contributed by atoms with Crippen LogP contribution in [0.3, 0.4) is 0 Å². The number of halogens is 1. The van der Waals surface area contributed by atoms with Crippen LogP contribution in [0.2, 0.25) is 5.02 Å². The molecular formula is C15H19ClN2O2. The molecular weight excluding hydrogens is 276 g/mol. The molecule has 3 rings (SSSR count). The Morgan fingerprint density at radius 2 is 2.00 bits per heavy atom. The van der Waals surface area contributed by atoms with Gasteiger partial charge in [-0.05, 0) is 31.7 Å². The van der Waals surface area contributed by atoms with Crippen LogP contribution in [0.25, 0.3) is 0 Å². The zero-order valence-corrected chi connectivity index (χ0v) is 12.1. The molecule has 4 nitrogen and oxygen atoms in total. The van der Waals surface area contributed by atoms with Crippen molar-refractivity contribution < 1.29 is 9.53 Å². The van der Waals surface area contributed by atoms with Crippen LogP contribution in [-0.4, -0.2) is 24.6 Å². The zero-order valence-electron chi connectivity index (χ0n) is 11.3. The van der Waals surface area contributed by atoms with Crippen LogP contribution in [0.1, 0.15) is 31.2 Å². The molecule has 108 valence electrons. The van der Waals surface area contributed by atoms with Gasteiger partial charge in [-0.1, -0.05) is 23.7 Å². The van der Waals surface area contributed by atoms with Crippen molar-refractivity contribution in [2.45, 2.75) is 44.3 Å². The average Bonchev–Trinajstić information content (AvgIpc) is 3.30. The Bertz CT molecular complexity index is 499. The smallest absolute Gasteiger partial charge is 0.258 e. The Morgan fingerprint density at radius 3 is 2.70 bits per heavy atom. The van der Waals surface area contributed by atoms with Crippen molar-refractivity contribution in [2.24, 2.45) is 0 Å². The molecule has 0 saturated heterocycles. The van der Waals surface area contributed by atoms with E-state index in [1.54, 1.807) is 6.07 Å². The molecule has 2 fully saturated rings. The molecule has 2 aliphatic carbocycles. The van der Waals surface area contributed by atoms with Crippen molar-refractivity contribution in [1.82, 2.24) is 10.6 Å². The van der Waals surface area contributed by atoms with Crippen LogP contribution < -0.4 is 15.4 Å². The number of benzene rings is 1. The van der Waals surface area contributed by atoms with Crippen molar-refractivity contribution in [3.63, 3.8) is 0 Å². The molecule has 1 aromatic carbocycles. The highest BCUT2D eigenvalue weighted by atomic mass is 35.5. The van der Waals surface area contributed by atoms with E-state index >= 15 is 0 Å². The van der Waals surface area contributed by atoms with Gasteiger partial charge >= 0.3 is 0 Å². The zero-order chi connectivity index (χ0) is 13.9. The van der Waals surface area contributed by atoms with E-state index in [4.69, 9.17) is 16.3 Å². The van der Waals surface area contributed by atoms with Gasteiger partial charge in [-0.15, -0.1) is 0 Å². The summed E-state index contributed by atoms with van der Waals surface area (Å²) in [4.78, 5) is 11.7. The monoisotopic (exact) mass is 294 g/mol. The lowest BCUT2D eigenvalue weighted by molar-refractivity contribution is -0.123. The van der Waals surface area contributed by atoms with Gasteiger partial charge in [0.1, 0.15) is 5.75 Å². The first kappa shape index (κ1) is 13.7. The Labute approximate surface area is 123 Å². The summed E-state index contributed by atoms with van der Waals surface area (Å²) in [5, 5.41) is 6.89. The topological polar surface area (TPSA) is 50.4 Å². The molecule has 1 aromatic rings. The maximum absolute atomic E-state index is 11.7. The van der Waals surface area contributed by atoms with Gasteiger partial charge in [0.25, 0.3) is 5.91 Å². The highest BCUT2D eigenvalue weighted by Crippen LogP contribution is 2.29. The van der Waals surface area contributed by atoms with Crippen LogP contribution in [0.15, 0.2) is 18.2 Å². The molecule has 2 saturated carbocycles. The van der Waals surface area contributed by atoms with Gasteiger partial charge in [-0.25, -0.2) is 0 Å². The standard InChI is InChI=1S/C15H19ClN2O2/c16-13-3-1-2-10(8-17-11-4-5-11)15(13)20-9-14(19)18-12-6-7-12/h1-3,11-12,17H,4-9H2,(H,18,19). The third-order valence-electron chi connectivity index (χ3n) is 3.50. The molecule has 0 spiro atoms. The minimum Gasteiger partial charge on any atom is -0.482 e. The fraction of sp³-hybridized carbons (Fsp3) is 0.533. The molecule has 2 N–H and O–H groups in total. The highest BCUT2D eigenvalue weighted by Gasteiger charge is 2.24. The minimum absolute atomic E-state index is 0.0245. The fourth-order valence-electron chi connectivity index (χ4n) is 2.03. The van der Waals surface area contributed by atoms with Crippen molar-refractivity contribution in [2.75, 3.05) is 6.61 Å². The number of carbonyl (C=O) groups is 1. The third kappa shape index (κ3) is 3.87. The summed E-state index contributed by atoms with van der Waals surface area (Å²) in [5.41, 5.74) is 1.00. The first-order valence-corrected chi connectivity index (χ1v) is 7.53. The lowest BCUT2D eigenvalue weighted by atomic mass is 10.2. The summed E-state index contributed by atoms with van der Waals surface area (Å²) in [7, 11) is 0. The Balaban J connectivity index is 1.58. The van der Waals surface area contributed by atoms with Crippen LogP contribution in [0.4, 0.5) is 0 Å². The second-order valence-electron chi connectivity index (χ2n) is 5.51. The SMILES string of the molecule is O=C(COc1c(Cl)cccc1CNC1CC1)NC1CC1. The predicted molar refractivity (Wildman–Crippen MR) is 78.0 cm³/mol. The first-order valence-electron chi connectivity index (χ1n) is 7.15. The van der Waals surface area contributed by atoms with Crippen molar-refractivity contribution in [3.8, 4) is 5.75 Å². The first-order chi connectivity index (χ1) is 9.72. The van der Waals surface area contributed by atoms with E-state index in [1.807, 2.05) is 12.1 Å². The molecule has 1 amide bonds. The van der Waals surface area contributed by atoms with Crippen LogP contribution in [-0.2, 0) is 11.3 Å². The van der Waals surface area contributed by atoms with E-state index in [2.05, 4.69) is 10.6 Å². The molecule has 0 unspecified atom stereocenters. The van der Waals surface area contributed by atoms with Gasteiger partial charge in [0.2, 0.25) is 0 Å². The number of carbonyl (C=O) groups excluding carboxylic acids is 1. The van der Waals surface area contributed by atoms with E-state index in [0.717, 1.165) is 24.9 Å². The van der Waals surface area contributed by atoms with Crippen LogP contribution in [0.5, 0.6) is 5.75 Å². The second kappa shape index (κ2) is 6.02. The van der Waals surface area contributed by atoms with Crippen LogP contribution in [0, 0.1) is 0 Å². The average molecular weight is 295 g/mol. The van der Waals surface area contributed by atoms with E-state index < -0.39 is 0 Å². The summed E-state index contributed by atoms with van der Waals surface area (Å²) >= 11 is 6.18. The highest BCUT2D eigenvalue weighted by molar-refractivity contribution is 6.32. The van der Waals surface area contributed by atoms with E-state index in [1.165, 1.54) is 12.8 Å². The maximum Gasteiger partial charge on any atom is 0.258 e. The van der Waals surface area contributed by atoms with Gasteiger partial charge in [0.15, 0.2) is 6.61 Å². The number of ether oxygens (including phenoxy) is 1. The minimum atomic E-state index is -0.0754. The van der Waals surface area contributed by atoms with Gasteiger partial charge in [-0.3, -0.25) is 4.79 Å². The van der Waals surface area contributed by atoms with Gasteiger partial charge in [-0.2, -0.15) is 0 Å². The summed E-state index contributed by atoms with van der Waals surface area (Å²) in [6.45, 7) is 0.751. The fourth-order valence-corrected chi connectivity index (χ4v) is 2.28. The van der Waals surface area contributed by atoms with Gasteiger partial charge < -0.3 is 15.4 Å². The quantitative estimate of drug-likeness (QED) is 0.811. The van der Waals surface area contributed by atoms with E-state index in [9.17, 15) is 4.79 Å². The lowest BCUT2D eigenvalue weighted by Gasteiger charge is -2.13. The number of amides is 1. The third-order valence-corrected chi connectivity index (χ3v) is 3.79. The number of para-hydroxylation sites is 1. The lowest BCUT2D eigenvalue weighted by Crippen LogP contribution is -2.30. The van der Waals surface area contributed by atoms with Gasteiger partial charge in [0, 0.05) is 24.2 Å². The number of hydrogen-bond donors (Lipinski definition) is 2. The largest absolute Gasteiger partial charge is 0.482 e. The number of nitrogens with one attached hydrogen (secondary N) is 2. The second-order valence-corrected chi connectivity index (χ2v) is 5.92. The molecule has 0 radical (unpaired) electrons. The normalized spacial score (nSPS) is 17.9. The van der Waals surface area contributed by atoms with E-state index in [-0.39, 0.29) is 12.5 Å². The molecule has 0 bridgehead atoms. The number of hydrogen-bond acceptors (Lipinski definition) is 3. The molecule has 0 atom stereocenters. The molecule has 0 heterocycles. The van der Waals surface area contributed by atoms with Crippen molar-refractivity contribution >= 4 is 17.5 Å². The molecule has 0 aliphatic heterocycles. The van der Waals surface area contributed by atoms with E-state index in [0.29, 0.717) is 22.9 Å². The summed E-state index contributed by atoms with van der Waals surface area (Å²) in [6.07, 6.45) is 4.63. The molecule has 20 heavy (non-hydrogen) atoms. The van der Waals surface area contributed by atoms with Crippen molar-refractivity contribution in [3.05, 3.63) is 28.8 Å². The molecule has 5 heteroatoms. The molecule has 0 aromatic heterocycles. The maximum atomic E-state index is 11.7. The van der Waals surface area contributed by atoms with Gasteiger partial charge in [0.05, 0.1) is 5.02 Å². The summed E-state index contributed by atoms with van der Waals surface area (Å²) in [5.74, 6) is 0.543. The Hall–Kier alpha value is -1.26.